The van der Waals surface area contributed by atoms with Crippen LogP contribution in [0.3, 0.4) is 0 Å². The highest BCUT2D eigenvalue weighted by Crippen LogP contribution is 2.54. The lowest BCUT2D eigenvalue weighted by Gasteiger charge is -2.46. The number of amides is 2. The molecule has 4 rings (SSSR count). The third kappa shape index (κ3) is 2.55. The fourth-order valence-corrected chi connectivity index (χ4v) is 4.77. The van der Waals surface area contributed by atoms with Gasteiger partial charge in [-0.25, -0.2) is 0 Å². The highest BCUT2D eigenvalue weighted by molar-refractivity contribution is 6.30. The Morgan fingerprint density at radius 1 is 1.29 bits per heavy atom. The van der Waals surface area contributed by atoms with Crippen LogP contribution in [0.5, 0.6) is 0 Å². The Labute approximate surface area is 169 Å². The molecule has 0 radical (unpaired) electrons. The molecule has 0 bridgehead atoms. The van der Waals surface area contributed by atoms with Crippen LogP contribution in [-0.2, 0) is 15.0 Å². The summed E-state index contributed by atoms with van der Waals surface area (Å²) >= 11 is 6.23. The maximum absolute atomic E-state index is 13.5. The third-order valence-corrected chi connectivity index (χ3v) is 5.93. The molecule has 5 heteroatoms. The highest BCUT2D eigenvalue weighted by Gasteiger charge is 2.60. The van der Waals surface area contributed by atoms with Crippen molar-refractivity contribution in [1.82, 2.24) is 5.32 Å². The predicted molar refractivity (Wildman–Crippen MR) is 110 cm³/mol. The van der Waals surface area contributed by atoms with E-state index in [1.54, 1.807) is 12.1 Å². The number of fused-ring (bicyclic) bond motifs is 2. The molecule has 3 atom stereocenters. The van der Waals surface area contributed by atoms with Crippen LogP contribution in [0.4, 0.5) is 5.69 Å². The summed E-state index contributed by atoms with van der Waals surface area (Å²) < 4.78 is 0. The smallest absolute Gasteiger partial charge is 0.238 e. The van der Waals surface area contributed by atoms with E-state index in [0.717, 1.165) is 11.1 Å². The molecular weight excluding hydrogens is 372 g/mol. The van der Waals surface area contributed by atoms with Crippen molar-refractivity contribution in [1.29, 1.82) is 0 Å². The molecule has 0 saturated carbocycles. The maximum atomic E-state index is 13.5. The van der Waals surface area contributed by atoms with E-state index in [-0.39, 0.29) is 24.2 Å². The fraction of sp³-hybridized carbons (Fsp3) is 0.217. The number of benzene rings is 2. The molecule has 140 valence electrons. The van der Waals surface area contributed by atoms with Gasteiger partial charge in [-0.1, -0.05) is 47.9 Å². The fourth-order valence-electron chi connectivity index (χ4n) is 4.58. The van der Waals surface area contributed by atoms with Crippen molar-refractivity contribution in [3.8, 4) is 12.3 Å². The summed E-state index contributed by atoms with van der Waals surface area (Å²) in [5.41, 5.74) is 2.71. The quantitative estimate of drug-likeness (QED) is 0.606. The second kappa shape index (κ2) is 6.54. The first-order valence-corrected chi connectivity index (χ1v) is 9.38. The molecular formula is C23H19ClN2O2. The van der Waals surface area contributed by atoms with E-state index in [1.165, 1.54) is 0 Å². The molecule has 4 nitrogen and oxygen atoms in total. The second-order valence-electron chi connectivity index (χ2n) is 7.39. The predicted octanol–water partition coefficient (Wildman–Crippen LogP) is 3.76. The largest absolute Gasteiger partial charge is 0.348 e. The lowest BCUT2D eigenvalue weighted by Crippen LogP contribution is -2.62. The molecule has 2 amide bonds. The van der Waals surface area contributed by atoms with Gasteiger partial charge >= 0.3 is 0 Å². The Kier molecular flexibility index (Phi) is 4.28. The van der Waals surface area contributed by atoms with Crippen LogP contribution in [0.25, 0.3) is 0 Å². The Balaban J connectivity index is 2.01. The van der Waals surface area contributed by atoms with Crippen LogP contribution in [0, 0.1) is 12.3 Å². The van der Waals surface area contributed by atoms with Crippen molar-refractivity contribution in [3.63, 3.8) is 0 Å². The number of terminal acetylenes is 1. The number of carbonyl (C=O) groups is 2. The lowest BCUT2D eigenvalue weighted by atomic mass is 9.59. The van der Waals surface area contributed by atoms with Gasteiger partial charge in [0, 0.05) is 28.6 Å². The zero-order valence-electron chi connectivity index (χ0n) is 15.4. The van der Waals surface area contributed by atoms with Crippen molar-refractivity contribution < 1.29 is 9.59 Å². The van der Waals surface area contributed by atoms with Gasteiger partial charge in [-0.15, -0.1) is 6.42 Å². The van der Waals surface area contributed by atoms with Gasteiger partial charge in [-0.05, 0) is 42.3 Å². The van der Waals surface area contributed by atoms with E-state index in [9.17, 15) is 9.59 Å². The van der Waals surface area contributed by atoms with Crippen molar-refractivity contribution in [3.05, 3.63) is 76.3 Å². The van der Waals surface area contributed by atoms with Gasteiger partial charge in [0.25, 0.3) is 0 Å². The van der Waals surface area contributed by atoms with E-state index in [0.29, 0.717) is 21.8 Å². The molecule has 28 heavy (non-hydrogen) atoms. The Hall–Kier alpha value is -3.03. The van der Waals surface area contributed by atoms with Gasteiger partial charge in [-0.3, -0.25) is 9.59 Å². The average Bonchev–Trinajstić information content (AvgIpc) is 2.94. The topological polar surface area (TPSA) is 58.2 Å². The second-order valence-corrected chi connectivity index (χ2v) is 7.82. The number of nitrogens with one attached hydrogen (secondary N) is 2. The molecule has 1 saturated heterocycles. The molecule has 2 aliphatic rings. The SMILES string of the molecule is C#Cc1ccc2c(c1)NC(=O)C21C(C(=C)C)NC(=O)CC1c1cccc(Cl)c1. The van der Waals surface area contributed by atoms with E-state index in [4.69, 9.17) is 18.0 Å². The number of anilines is 1. The number of carbonyl (C=O) groups excluding carboxylic acids is 2. The zero-order valence-corrected chi connectivity index (χ0v) is 16.1. The lowest BCUT2D eigenvalue weighted by molar-refractivity contribution is -0.130. The van der Waals surface area contributed by atoms with Crippen molar-refractivity contribution in [2.75, 3.05) is 5.32 Å². The first-order valence-electron chi connectivity index (χ1n) is 9.00. The molecule has 2 aromatic rings. The summed E-state index contributed by atoms with van der Waals surface area (Å²) in [6.45, 7) is 5.89. The van der Waals surface area contributed by atoms with Gasteiger partial charge < -0.3 is 10.6 Å². The first-order chi connectivity index (χ1) is 13.4. The van der Waals surface area contributed by atoms with Crippen LogP contribution in [-0.4, -0.2) is 17.9 Å². The number of hydrogen-bond donors (Lipinski definition) is 2. The zero-order chi connectivity index (χ0) is 20.1. The van der Waals surface area contributed by atoms with E-state index in [1.807, 2.05) is 37.3 Å². The van der Waals surface area contributed by atoms with Crippen LogP contribution >= 0.6 is 11.6 Å². The summed E-state index contributed by atoms with van der Waals surface area (Å²) in [6, 6.07) is 12.3. The molecule has 1 fully saturated rings. The summed E-state index contributed by atoms with van der Waals surface area (Å²) in [6.07, 6.45) is 5.70. The van der Waals surface area contributed by atoms with Crippen LogP contribution in [0.2, 0.25) is 5.02 Å². The number of hydrogen-bond acceptors (Lipinski definition) is 2. The van der Waals surface area contributed by atoms with Gasteiger partial charge in [0.15, 0.2) is 0 Å². The monoisotopic (exact) mass is 390 g/mol. The van der Waals surface area contributed by atoms with Crippen molar-refractivity contribution in [2.24, 2.45) is 0 Å². The molecule has 1 spiro atoms. The molecule has 2 aliphatic heterocycles. The van der Waals surface area contributed by atoms with Crippen molar-refractivity contribution >= 4 is 29.1 Å². The summed E-state index contributed by atoms with van der Waals surface area (Å²) in [5, 5.41) is 6.54. The highest BCUT2D eigenvalue weighted by atomic mass is 35.5. The summed E-state index contributed by atoms with van der Waals surface area (Å²) in [5.74, 6) is 1.92. The Morgan fingerprint density at radius 3 is 2.75 bits per heavy atom. The molecule has 2 heterocycles. The normalized spacial score (nSPS) is 25.6. The minimum Gasteiger partial charge on any atom is -0.348 e. The average molecular weight is 391 g/mol. The van der Waals surface area contributed by atoms with E-state index in [2.05, 4.69) is 23.1 Å². The minimum absolute atomic E-state index is 0.120. The van der Waals surface area contributed by atoms with Gasteiger partial charge in [-0.2, -0.15) is 0 Å². The number of piperidine rings is 1. The number of rotatable bonds is 2. The van der Waals surface area contributed by atoms with Gasteiger partial charge in [0.2, 0.25) is 11.8 Å². The van der Waals surface area contributed by atoms with E-state index < -0.39 is 11.5 Å². The first kappa shape index (κ1) is 18.3. The molecule has 2 aromatic carbocycles. The van der Waals surface area contributed by atoms with Gasteiger partial charge in [0.05, 0.1) is 6.04 Å². The Bertz CT molecular complexity index is 1070. The molecule has 2 N–H and O–H groups in total. The van der Waals surface area contributed by atoms with Crippen molar-refractivity contribution in [2.45, 2.75) is 30.7 Å². The maximum Gasteiger partial charge on any atom is 0.238 e. The van der Waals surface area contributed by atoms with Gasteiger partial charge in [0.1, 0.15) is 5.41 Å². The summed E-state index contributed by atoms with van der Waals surface area (Å²) in [4.78, 5) is 26.1. The standard InChI is InChI=1S/C23H19ClN2O2/c1-4-14-8-9-17-19(10-14)25-22(28)23(17)18(15-6-5-7-16(24)11-15)12-20(27)26-21(23)13(2)3/h1,5-11,18,21H,2,12H2,3H3,(H,25,28)(H,26,27). The van der Waals surface area contributed by atoms with Crippen LogP contribution in [0.1, 0.15) is 36.0 Å². The Morgan fingerprint density at radius 2 is 2.07 bits per heavy atom. The minimum atomic E-state index is -1.02. The third-order valence-electron chi connectivity index (χ3n) is 5.70. The molecule has 0 aromatic heterocycles. The van der Waals surface area contributed by atoms with Crippen LogP contribution < -0.4 is 10.6 Å². The number of halogens is 1. The summed E-state index contributed by atoms with van der Waals surface area (Å²) in [7, 11) is 0. The molecule has 0 aliphatic carbocycles. The molecule has 3 unspecified atom stereocenters. The van der Waals surface area contributed by atoms with Crippen LogP contribution in [0.15, 0.2) is 54.6 Å². The van der Waals surface area contributed by atoms with E-state index >= 15 is 0 Å².